The normalized spacial score (nSPS) is 10.6. The number of rotatable bonds is 9. The molecule has 0 spiro atoms. The molecular formula is C17H24N2O2. The Morgan fingerprint density at radius 1 is 1.00 bits per heavy atom. The van der Waals surface area contributed by atoms with Crippen LogP contribution >= 0.6 is 0 Å². The van der Waals surface area contributed by atoms with E-state index in [1.807, 2.05) is 31.2 Å². The van der Waals surface area contributed by atoms with Crippen LogP contribution in [0.4, 0.5) is 0 Å². The van der Waals surface area contributed by atoms with E-state index in [0.29, 0.717) is 13.2 Å². The highest BCUT2D eigenvalue weighted by Gasteiger charge is 2.04. The SMILES string of the molecule is CCNCc1cccn1CCOc1ccccc1OCC. The predicted octanol–water partition coefficient (Wildman–Crippen LogP) is 3.08. The zero-order valence-electron chi connectivity index (χ0n) is 12.8. The van der Waals surface area contributed by atoms with Crippen LogP contribution in [0.5, 0.6) is 11.5 Å². The Bertz CT molecular complexity index is 537. The van der Waals surface area contributed by atoms with Crippen molar-refractivity contribution in [3.8, 4) is 11.5 Å². The van der Waals surface area contributed by atoms with Crippen molar-refractivity contribution in [2.45, 2.75) is 26.9 Å². The van der Waals surface area contributed by atoms with Crippen LogP contribution in [0.2, 0.25) is 0 Å². The van der Waals surface area contributed by atoms with E-state index >= 15 is 0 Å². The van der Waals surface area contributed by atoms with Gasteiger partial charge in [-0.05, 0) is 37.7 Å². The van der Waals surface area contributed by atoms with E-state index < -0.39 is 0 Å². The third kappa shape index (κ3) is 4.53. The summed E-state index contributed by atoms with van der Waals surface area (Å²) in [4.78, 5) is 0. The lowest BCUT2D eigenvalue weighted by Gasteiger charge is -2.13. The molecular weight excluding hydrogens is 264 g/mol. The summed E-state index contributed by atoms with van der Waals surface area (Å²) >= 11 is 0. The predicted molar refractivity (Wildman–Crippen MR) is 84.9 cm³/mol. The number of ether oxygens (including phenoxy) is 2. The number of benzene rings is 1. The summed E-state index contributed by atoms with van der Waals surface area (Å²) in [6.45, 7) is 8.05. The fourth-order valence-electron chi connectivity index (χ4n) is 2.18. The number of hydrogen-bond acceptors (Lipinski definition) is 3. The molecule has 0 saturated carbocycles. The van der Waals surface area contributed by atoms with Gasteiger partial charge in [-0.15, -0.1) is 0 Å². The second-order valence-corrected chi connectivity index (χ2v) is 4.70. The van der Waals surface area contributed by atoms with Crippen LogP contribution in [0, 0.1) is 0 Å². The largest absolute Gasteiger partial charge is 0.490 e. The molecule has 0 radical (unpaired) electrons. The van der Waals surface area contributed by atoms with E-state index in [0.717, 1.165) is 31.1 Å². The topological polar surface area (TPSA) is 35.4 Å². The summed E-state index contributed by atoms with van der Waals surface area (Å²) < 4.78 is 13.6. The maximum atomic E-state index is 5.86. The van der Waals surface area contributed by atoms with Crippen molar-refractivity contribution in [1.82, 2.24) is 9.88 Å². The maximum Gasteiger partial charge on any atom is 0.161 e. The minimum absolute atomic E-state index is 0.623. The molecule has 2 aromatic rings. The number of hydrogen-bond donors (Lipinski definition) is 1. The molecule has 1 aromatic carbocycles. The van der Waals surface area contributed by atoms with Gasteiger partial charge in [-0.2, -0.15) is 0 Å². The molecule has 0 atom stereocenters. The first-order valence-electron chi connectivity index (χ1n) is 7.54. The van der Waals surface area contributed by atoms with Crippen molar-refractivity contribution in [2.24, 2.45) is 0 Å². The Morgan fingerprint density at radius 2 is 1.76 bits per heavy atom. The Kier molecular flexibility index (Phi) is 6.16. The quantitative estimate of drug-likeness (QED) is 0.770. The van der Waals surface area contributed by atoms with Crippen LogP contribution in [0.1, 0.15) is 19.5 Å². The molecule has 0 amide bonds. The van der Waals surface area contributed by atoms with Crippen LogP contribution in [0.25, 0.3) is 0 Å². The highest BCUT2D eigenvalue weighted by atomic mass is 16.5. The average molecular weight is 288 g/mol. The third-order valence-corrected chi connectivity index (χ3v) is 3.22. The minimum atomic E-state index is 0.623. The molecule has 4 heteroatoms. The van der Waals surface area contributed by atoms with Crippen molar-refractivity contribution in [3.63, 3.8) is 0 Å². The van der Waals surface area contributed by atoms with Crippen LogP contribution in [-0.4, -0.2) is 24.3 Å². The van der Waals surface area contributed by atoms with Gasteiger partial charge in [0.1, 0.15) is 6.61 Å². The number of para-hydroxylation sites is 2. The van der Waals surface area contributed by atoms with E-state index in [2.05, 4.69) is 35.1 Å². The first-order valence-corrected chi connectivity index (χ1v) is 7.54. The van der Waals surface area contributed by atoms with Crippen molar-refractivity contribution >= 4 is 0 Å². The second-order valence-electron chi connectivity index (χ2n) is 4.70. The average Bonchev–Trinajstić information content (AvgIpc) is 2.94. The smallest absolute Gasteiger partial charge is 0.161 e. The Hall–Kier alpha value is -1.94. The molecule has 0 bridgehead atoms. The first-order chi connectivity index (χ1) is 10.3. The highest BCUT2D eigenvalue weighted by molar-refractivity contribution is 5.39. The Morgan fingerprint density at radius 3 is 2.48 bits per heavy atom. The van der Waals surface area contributed by atoms with Gasteiger partial charge in [-0.1, -0.05) is 19.1 Å². The zero-order chi connectivity index (χ0) is 14.9. The number of nitrogens with zero attached hydrogens (tertiary/aromatic N) is 1. The van der Waals surface area contributed by atoms with Crippen molar-refractivity contribution < 1.29 is 9.47 Å². The van der Waals surface area contributed by atoms with Gasteiger partial charge in [0.15, 0.2) is 11.5 Å². The molecule has 0 saturated heterocycles. The summed E-state index contributed by atoms with van der Waals surface area (Å²) in [5.41, 5.74) is 1.28. The lowest BCUT2D eigenvalue weighted by molar-refractivity contribution is 0.265. The summed E-state index contributed by atoms with van der Waals surface area (Å²) in [6.07, 6.45) is 2.09. The van der Waals surface area contributed by atoms with Crippen molar-refractivity contribution in [2.75, 3.05) is 19.8 Å². The van der Waals surface area contributed by atoms with Gasteiger partial charge in [-0.25, -0.2) is 0 Å². The van der Waals surface area contributed by atoms with Crippen molar-refractivity contribution in [1.29, 1.82) is 0 Å². The summed E-state index contributed by atoms with van der Waals surface area (Å²) in [6, 6.07) is 12.0. The fraction of sp³-hybridized carbons (Fsp3) is 0.412. The van der Waals surface area contributed by atoms with Gasteiger partial charge >= 0.3 is 0 Å². The van der Waals surface area contributed by atoms with E-state index in [4.69, 9.17) is 9.47 Å². The van der Waals surface area contributed by atoms with Gasteiger partial charge < -0.3 is 19.4 Å². The molecule has 1 N–H and O–H groups in total. The minimum Gasteiger partial charge on any atom is -0.490 e. The molecule has 0 aliphatic rings. The van der Waals surface area contributed by atoms with Crippen LogP contribution in [0.3, 0.4) is 0 Å². The molecule has 0 aliphatic carbocycles. The van der Waals surface area contributed by atoms with Crippen LogP contribution in [-0.2, 0) is 13.1 Å². The van der Waals surface area contributed by atoms with Gasteiger partial charge in [0.05, 0.1) is 13.2 Å². The van der Waals surface area contributed by atoms with Gasteiger partial charge in [0, 0.05) is 18.4 Å². The summed E-state index contributed by atoms with van der Waals surface area (Å²) in [5.74, 6) is 1.61. The lowest BCUT2D eigenvalue weighted by atomic mass is 10.3. The maximum absolute atomic E-state index is 5.86. The molecule has 1 aromatic heterocycles. The molecule has 114 valence electrons. The van der Waals surface area contributed by atoms with Crippen molar-refractivity contribution in [3.05, 3.63) is 48.3 Å². The zero-order valence-corrected chi connectivity index (χ0v) is 12.8. The van der Waals surface area contributed by atoms with E-state index in [1.165, 1.54) is 5.69 Å². The second kappa shape index (κ2) is 8.37. The van der Waals surface area contributed by atoms with Gasteiger partial charge in [-0.3, -0.25) is 0 Å². The Balaban J connectivity index is 1.88. The number of nitrogens with one attached hydrogen (secondary N) is 1. The molecule has 2 rings (SSSR count). The molecule has 4 nitrogen and oxygen atoms in total. The highest BCUT2D eigenvalue weighted by Crippen LogP contribution is 2.26. The Labute approximate surface area is 126 Å². The molecule has 0 unspecified atom stereocenters. The standard InChI is InChI=1S/C17H24N2O2/c1-3-18-14-15-8-7-11-19(15)12-13-21-17-10-6-5-9-16(17)20-4-2/h5-11,18H,3-4,12-14H2,1-2H3. The number of aromatic nitrogens is 1. The summed E-state index contributed by atoms with van der Waals surface area (Å²) in [5, 5.41) is 3.34. The lowest BCUT2D eigenvalue weighted by Crippen LogP contribution is -2.17. The molecule has 21 heavy (non-hydrogen) atoms. The fourth-order valence-corrected chi connectivity index (χ4v) is 2.18. The van der Waals surface area contributed by atoms with Crippen LogP contribution < -0.4 is 14.8 Å². The van der Waals surface area contributed by atoms with Gasteiger partial charge in [0.2, 0.25) is 0 Å². The third-order valence-electron chi connectivity index (χ3n) is 3.22. The van der Waals surface area contributed by atoms with Gasteiger partial charge in [0.25, 0.3) is 0 Å². The van der Waals surface area contributed by atoms with E-state index in [1.54, 1.807) is 0 Å². The first kappa shape index (κ1) is 15.4. The monoisotopic (exact) mass is 288 g/mol. The van der Waals surface area contributed by atoms with E-state index in [-0.39, 0.29) is 0 Å². The van der Waals surface area contributed by atoms with Crippen LogP contribution in [0.15, 0.2) is 42.6 Å². The summed E-state index contributed by atoms with van der Waals surface area (Å²) in [7, 11) is 0. The van der Waals surface area contributed by atoms with E-state index in [9.17, 15) is 0 Å². The molecule has 1 heterocycles. The molecule has 0 fully saturated rings. The molecule has 0 aliphatic heterocycles.